The Morgan fingerprint density at radius 1 is 1.17 bits per heavy atom. The molecule has 11 nitrogen and oxygen atoms in total. The van der Waals surface area contributed by atoms with Crippen LogP contribution in [0.1, 0.15) is 41.4 Å². The third kappa shape index (κ3) is 5.89. The predicted molar refractivity (Wildman–Crippen MR) is 160 cm³/mol. The van der Waals surface area contributed by atoms with Gasteiger partial charge in [0.15, 0.2) is 5.96 Å². The second-order valence-electron chi connectivity index (χ2n) is 11.6. The maximum Gasteiger partial charge on any atom is 0.424 e. The number of benzene rings is 2. The molecule has 2 atom stereocenters. The summed E-state index contributed by atoms with van der Waals surface area (Å²) in [5.41, 5.74) is -0.812. The fourth-order valence-electron chi connectivity index (χ4n) is 5.24. The van der Waals surface area contributed by atoms with Gasteiger partial charge in [-0.1, -0.05) is 6.07 Å². The summed E-state index contributed by atoms with van der Waals surface area (Å²) in [4.78, 5) is 34.9. The lowest BCUT2D eigenvalue weighted by Gasteiger charge is -2.31. The number of pyridine rings is 2. The van der Waals surface area contributed by atoms with Gasteiger partial charge < -0.3 is 25.6 Å². The van der Waals surface area contributed by atoms with E-state index in [0.29, 0.717) is 16.7 Å². The van der Waals surface area contributed by atoms with Crippen LogP contribution >= 0.6 is 0 Å². The monoisotopic (exact) mass is 652 g/mol. The molecular formula is C32H28F4N6O5. The number of carbonyl (C=O) groups is 2. The fourth-order valence-corrected chi connectivity index (χ4v) is 5.24. The number of hydrogen-bond acceptors (Lipinski definition) is 8. The van der Waals surface area contributed by atoms with Gasteiger partial charge >= 0.3 is 6.18 Å². The minimum atomic E-state index is -5.40. The Morgan fingerprint density at radius 3 is 2.55 bits per heavy atom. The number of aliphatic hydroxyl groups is 1. The van der Waals surface area contributed by atoms with Crippen molar-refractivity contribution in [1.29, 1.82) is 5.41 Å². The molecule has 1 saturated carbocycles. The van der Waals surface area contributed by atoms with Crippen molar-refractivity contribution in [2.45, 2.75) is 43.1 Å². The lowest BCUT2D eigenvalue weighted by atomic mass is 9.81. The Hall–Kier alpha value is -5.31. The summed E-state index contributed by atoms with van der Waals surface area (Å²) in [6.07, 6.45) is -2.27. The highest BCUT2D eigenvalue weighted by Gasteiger charge is 2.58. The molecule has 0 saturated heterocycles. The van der Waals surface area contributed by atoms with Crippen molar-refractivity contribution in [2.24, 2.45) is 5.73 Å². The van der Waals surface area contributed by atoms with E-state index in [0.717, 1.165) is 31.0 Å². The average molecular weight is 653 g/mol. The molecule has 2 aromatic heterocycles. The lowest BCUT2D eigenvalue weighted by Crippen LogP contribution is -2.52. The molecule has 4 aromatic rings. The second kappa shape index (κ2) is 11.5. The fraction of sp³-hybridized carbons (Fsp3) is 0.281. The van der Waals surface area contributed by atoms with Crippen LogP contribution < -0.4 is 25.8 Å². The van der Waals surface area contributed by atoms with Crippen LogP contribution in [-0.4, -0.2) is 58.3 Å². The number of guanidine groups is 1. The highest BCUT2D eigenvalue weighted by molar-refractivity contribution is 6.02. The van der Waals surface area contributed by atoms with Gasteiger partial charge in [-0.05, 0) is 68.3 Å². The van der Waals surface area contributed by atoms with E-state index in [9.17, 15) is 32.3 Å². The third-order valence-corrected chi connectivity index (χ3v) is 8.09. The molecule has 1 fully saturated rings. The second-order valence-corrected chi connectivity index (χ2v) is 11.6. The van der Waals surface area contributed by atoms with E-state index >= 15 is 0 Å². The van der Waals surface area contributed by atoms with Crippen molar-refractivity contribution in [3.8, 4) is 22.8 Å². The summed E-state index contributed by atoms with van der Waals surface area (Å²) in [7, 11) is 0. The zero-order valence-corrected chi connectivity index (χ0v) is 24.7. The number of alkyl halides is 3. The van der Waals surface area contributed by atoms with E-state index < -0.39 is 53.0 Å². The van der Waals surface area contributed by atoms with Crippen LogP contribution in [0.2, 0.25) is 0 Å². The summed E-state index contributed by atoms with van der Waals surface area (Å²) in [5, 5.41) is 23.7. The molecule has 0 spiro atoms. The Balaban J connectivity index is 1.41. The normalized spacial score (nSPS) is 18.5. The first kappa shape index (κ1) is 31.7. The Labute approximate surface area is 264 Å². The number of fused-ring (bicyclic) bond motifs is 2. The number of nitrogens with one attached hydrogen (secondary N) is 3. The first-order valence-electron chi connectivity index (χ1n) is 14.4. The van der Waals surface area contributed by atoms with Crippen LogP contribution in [0.5, 0.6) is 11.5 Å². The third-order valence-electron chi connectivity index (χ3n) is 8.09. The van der Waals surface area contributed by atoms with Crippen LogP contribution in [0.25, 0.3) is 22.2 Å². The molecule has 1 unspecified atom stereocenters. The van der Waals surface area contributed by atoms with Gasteiger partial charge in [-0.3, -0.25) is 25.3 Å². The number of rotatable bonds is 8. The standard InChI is InChI=1S/C32H28F4N6O5/c1-30(28(44)42-29(37)38)15-46-26-21(30)13-23(41-25(26)16-4-6-19(33)7-5-16)31(45,32(34,35)36)14-40-27(43)18-11-17-3-2-10-39-24(17)22(12-18)47-20-8-9-20/h2-7,10-13,20,45H,8-9,14-15H2,1H3,(H,40,43)(H4,37,38,42,44)/t30-,31?/m0/s1. The summed E-state index contributed by atoms with van der Waals surface area (Å²) in [6.45, 7) is -0.380. The first-order chi connectivity index (χ1) is 22.2. The lowest BCUT2D eigenvalue weighted by molar-refractivity contribution is -0.265. The highest BCUT2D eigenvalue weighted by atomic mass is 19.4. The Morgan fingerprint density at radius 2 is 1.89 bits per heavy atom. The van der Waals surface area contributed by atoms with Crippen molar-refractivity contribution in [2.75, 3.05) is 13.2 Å². The van der Waals surface area contributed by atoms with Crippen molar-refractivity contribution >= 4 is 28.7 Å². The quantitative estimate of drug-likeness (QED) is 0.109. The van der Waals surface area contributed by atoms with E-state index in [1.165, 1.54) is 31.2 Å². The van der Waals surface area contributed by atoms with Gasteiger partial charge in [0.1, 0.15) is 40.5 Å². The van der Waals surface area contributed by atoms with E-state index in [-0.39, 0.29) is 40.8 Å². The minimum Gasteiger partial charge on any atom is -0.489 e. The number of aromatic nitrogens is 2. The van der Waals surface area contributed by atoms with E-state index in [1.807, 2.05) is 0 Å². The molecule has 3 heterocycles. The molecule has 2 aromatic carbocycles. The van der Waals surface area contributed by atoms with E-state index in [1.54, 1.807) is 18.3 Å². The van der Waals surface area contributed by atoms with Gasteiger partial charge in [0.05, 0.1) is 18.3 Å². The van der Waals surface area contributed by atoms with Gasteiger partial charge in [-0.2, -0.15) is 13.2 Å². The SMILES string of the molecule is C[C@]1(C(=O)NC(=N)N)COc2c1cc(C(O)(CNC(=O)c1cc(OC3CC3)c3ncccc3c1)C(F)(F)F)nc2-c1ccc(F)cc1. The van der Waals surface area contributed by atoms with Crippen LogP contribution in [-0.2, 0) is 15.8 Å². The summed E-state index contributed by atoms with van der Waals surface area (Å²) < 4.78 is 70.0. The molecular weight excluding hydrogens is 624 g/mol. The van der Waals surface area contributed by atoms with Crippen molar-refractivity contribution in [3.05, 3.63) is 83.4 Å². The Bertz CT molecular complexity index is 1920. The molecule has 15 heteroatoms. The van der Waals surface area contributed by atoms with Gasteiger partial charge in [0.2, 0.25) is 11.5 Å². The first-order valence-corrected chi connectivity index (χ1v) is 14.4. The van der Waals surface area contributed by atoms with Gasteiger partial charge in [-0.25, -0.2) is 9.37 Å². The zero-order valence-electron chi connectivity index (χ0n) is 24.7. The van der Waals surface area contributed by atoms with Crippen LogP contribution in [0.3, 0.4) is 0 Å². The van der Waals surface area contributed by atoms with Crippen molar-refractivity contribution < 1.29 is 41.7 Å². The molecule has 1 aliphatic heterocycles. The maximum atomic E-state index is 14.9. The van der Waals surface area contributed by atoms with Crippen LogP contribution in [0.4, 0.5) is 17.6 Å². The smallest absolute Gasteiger partial charge is 0.424 e. The number of nitrogens with zero attached hydrogens (tertiary/aromatic N) is 2. The van der Waals surface area contributed by atoms with Crippen LogP contribution in [0, 0.1) is 11.2 Å². The van der Waals surface area contributed by atoms with E-state index in [2.05, 4.69) is 20.6 Å². The summed E-state index contributed by atoms with van der Waals surface area (Å²) in [6, 6.07) is 11.6. The molecule has 1 aliphatic carbocycles. The highest BCUT2D eigenvalue weighted by Crippen LogP contribution is 2.48. The summed E-state index contributed by atoms with van der Waals surface area (Å²) in [5.74, 6) is -2.91. The molecule has 0 radical (unpaired) electrons. The van der Waals surface area contributed by atoms with Gasteiger partial charge in [-0.15, -0.1) is 0 Å². The number of amides is 2. The molecule has 6 N–H and O–H groups in total. The molecule has 0 bridgehead atoms. The molecule has 244 valence electrons. The number of hydrogen-bond donors (Lipinski definition) is 5. The molecule has 6 rings (SSSR count). The zero-order chi connectivity index (χ0) is 33.7. The number of halogens is 4. The van der Waals surface area contributed by atoms with Crippen molar-refractivity contribution in [1.82, 2.24) is 20.6 Å². The minimum absolute atomic E-state index is 0.0264. The summed E-state index contributed by atoms with van der Waals surface area (Å²) >= 11 is 0. The predicted octanol–water partition coefficient (Wildman–Crippen LogP) is 3.82. The maximum absolute atomic E-state index is 14.9. The molecule has 47 heavy (non-hydrogen) atoms. The topological polar surface area (TPSA) is 173 Å². The van der Waals surface area contributed by atoms with Gasteiger partial charge in [0.25, 0.3) is 5.91 Å². The number of nitrogens with two attached hydrogens (primary N) is 1. The Kier molecular flexibility index (Phi) is 7.74. The number of ether oxygens (including phenoxy) is 2. The number of carbonyl (C=O) groups excluding carboxylic acids is 2. The molecule has 2 amide bonds. The van der Waals surface area contributed by atoms with E-state index in [4.69, 9.17) is 20.6 Å². The van der Waals surface area contributed by atoms with Crippen LogP contribution in [0.15, 0.2) is 60.8 Å². The molecule has 2 aliphatic rings. The van der Waals surface area contributed by atoms with Crippen molar-refractivity contribution in [3.63, 3.8) is 0 Å². The largest absolute Gasteiger partial charge is 0.489 e. The average Bonchev–Trinajstić information content (AvgIpc) is 3.78. The van der Waals surface area contributed by atoms with Gasteiger partial charge in [0, 0.05) is 28.3 Å².